The lowest BCUT2D eigenvalue weighted by atomic mass is 10.1. The minimum atomic E-state index is -0.324. The first-order valence-corrected chi connectivity index (χ1v) is 10.5. The van der Waals surface area contributed by atoms with Gasteiger partial charge in [-0.3, -0.25) is 9.69 Å². The van der Waals surface area contributed by atoms with E-state index in [1.54, 1.807) is 37.4 Å². The van der Waals surface area contributed by atoms with Crippen LogP contribution in [0.15, 0.2) is 45.8 Å². The minimum absolute atomic E-state index is 0.0686. The fourth-order valence-electron chi connectivity index (χ4n) is 2.54. The fraction of sp³-hybridized carbons (Fsp3) is 0.200. The lowest BCUT2D eigenvalue weighted by molar-refractivity contribution is -0.121. The zero-order valence-electron chi connectivity index (χ0n) is 15.2. The fourth-order valence-corrected chi connectivity index (χ4v) is 4.29. The summed E-state index contributed by atoms with van der Waals surface area (Å²) in [6.07, 6.45) is 1.76. The molecule has 1 heterocycles. The molecule has 146 valence electrons. The van der Waals surface area contributed by atoms with Crippen molar-refractivity contribution in [2.45, 2.75) is 13.5 Å². The van der Waals surface area contributed by atoms with Crippen LogP contribution in [0.2, 0.25) is 0 Å². The number of halogens is 2. The molecule has 0 bridgehead atoms. The summed E-state index contributed by atoms with van der Waals surface area (Å²) in [5, 5.41) is 0. The van der Waals surface area contributed by atoms with Gasteiger partial charge in [0, 0.05) is 12.6 Å². The van der Waals surface area contributed by atoms with E-state index in [1.165, 1.54) is 22.7 Å². The molecule has 2 aromatic rings. The van der Waals surface area contributed by atoms with Crippen molar-refractivity contribution in [3.8, 4) is 11.5 Å². The average molecular weight is 482 g/mol. The predicted molar refractivity (Wildman–Crippen MR) is 117 cm³/mol. The van der Waals surface area contributed by atoms with Crippen molar-refractivity contribution in [3.63, 3.8) is 0 Å². The summed E-state index contributed by atoms with van der Waals surface area (Å²) in [4.78, 5) is 14.2. The molecular weight excluding hydrogens is 465 g/mol. The van der Waals surface area contributed by atoms with Crippen LogP contribution in [0.25, 0.3) is 6.08 Å². The Bertz CT molecular complexity index is 964. The number of amides is 1. The number of carbonyl (C=O) groups excluding carboxylic acids is 1. The van der Waals surface area contributed by atoms with E-state index in [1.807, 2.05) is 13.0 Å². The maximum Gasteiger partial charge on any atom is 0.265 e. The van der Waals surface area contributed by atoms with Crippen molar-refractivity contribution < 1.29 is 18.7 Å². The third kappa shape index (κ3) is 4.56. The molecule has 0 N–H and O–H groups in total. The van der Waals surface area contributed by atoms with Crippen molar-refractivity contribution in [1.82, 2.24) is 4.90 Å². The Morgan fingerprint density at radius 1 is 1.29 bits per heavy atom. The highest BCUT2D eigenvalue weighted by atomic mass is 79.9. The summed E-state index contributed by atoms with van der Waals surface area (Å²) in [6, 6.07) is 10.1. The largest absolute Gasteiger partial charge is 0.490 e. The van der Waals surface area contributed by atoms with Crippen LogP contribution in [-0.2, 0) is 11.4 Å². The maximum absolute atomic E-state index is 13.9. The molecule has 1 aliphatic rings. The Hall–Kier alpha value is -1.90. The topological polar surface area (TPSA) is 38.8 Å². The molecule has 0 spiro atoms. The van der Waals surface area contributed by atoms with Crippen LogP contribution in [0.4, 0.5) is 4.39 Å². The first kappa shape index (κ1) is 20.8. The van der Waals surface area contributed by atoms with E-state index >= 15 is 0 Å². The Morgan fingerprint density at radius 2 is 2.04 bits per heavy atom. The Balaban J connectivity index is 1.89. The van der Waals surface area contributed by atoms with Crippen LogP contribution in [0.3, 0.4) is 0 Å². The van der Waals surface area contributed by atoms with Gasteiger partial charge >= 0.3 is 0 Å². The van der Waals surface area contributed by atoms with Gasteiger partial charge in [-0.05, 0) is 52.7 Å². The molecule has 0 radical (unpaired) electrons. The summed E-state index contributed by atoms with van der Waals surface area (Å²) >= 11 is 9.91. The van der Waals surface area contributed by atoms with Gasteiger partial charge in [0.15, 0.2) is 11.5 Å². The van der Waals surface area contributed by atoms with Crippen LogP contribution in [-0.4, -0.2) is 28.8 Å². The van der Waals surface area contributed by atoms with Crippen molar-refractivity contribution in [2.75, 3.05) is 13.7 Å². The van der Waals surface area contributed by atoms with E-state index in [0.717, 1.165) is 5.56 Å². The van der Waals surface area contributed by atoms with E-state index < -0.39 is 0 Å². The SMILES string of the molecule is CCOc1cc(/C=C2\SC(=S)N(C)C2=O)cc(Br)c1OCc1ccccc1F. The number of carbonyl (C=O) groups is 1. The molecule has 3 rings (SSSR count). The van der Waals surface area contributed by atoms with Crippen molar-refractivity contribution in [1.29, 1.82) is 0 Å². The number of thioether (sulfide) groups is 1. The van der Waals surface area contributed by atoms with Gasteiger partial charge in [-0.2, -0.15) is 0 Å². The van der Waals surface area contributed by atoms with Gasteiger partial charge in [-0.15, -0.1) is 0 Å². The molecule has 0 aromatic heterocycles. The molecule has 4 nitrogen and oxygen atoms in total. The predicted octanol–water partition coefficient (Wildman–Crippen LogP) is 5.40. The van der Waals surface area contributed by atoms with E-state index in [2.05, 4.69) is 15.9 Å². The highest BCUT2D eigenvalue weighted by Gasteiger charge is 2.28. The first-order chi connectivity index (χ1) is 13.4. The van der Waals surface area contributed by atoms with Crippen LogP contribution in [0, 0.1) is 5.82 Å². The number of ether oxygens (including phenoxy) is 2. The molecule has 2 aromatic carbocycles. The van der Waals surface area contributed by atoms with Gasteiger partial charge in [-0.25, -0.2) is 4.39 Å². The van der Waals surface area contributed by atoms with Gasteiger partial charge < -0.3 is 9.47 Å². The summed E-state index contributed by atoms with van der Waals surface area (Å²) in [6.45, 7) is 2.37. The number of likely N-dealkylation sites (N-methyl/N-ethyl adjacent to an activating group) is 1. The third-order valence-corrected chi connectivity index (χ3v) is 6.02. The second-order valence-electron chi connectivity index (χ2n) is 5.88. The molecule has 0 saturated carbocycles. The van der Waals surface area contributed by atoms with E-state index in [9.17, 15) is 9.18 Å². The molecule has 1 fully saturated rings. The number of hydrogen-bond acceptors (Lipinski definition) is 5. The highest BCUT2D eigenvalue weighted by molar-refractivity contribution is 9.10. The lowest BCUT2D eigenvalue weighted by Crippen LogP contribution is -2.22. The van der Waals surface area contributed by atoms with Crippen molar-refractivity contribution in [3.05, 3.63) is 62.7 Å². The zero-order chi connectivity index (χ0) is 20.3. The number of hydrogen-bond donors (Lipinski definition) is 0. The number of nitrogens with zero attached hydrogens (tertiary/aromatic N) is 1. The summed E-state index contributed by atoms with van der Waals surface area (Å²) in [5.41, 5.74) is 1.22. The van der Waals surface area contributed by atoms with Gasteiger partial charge in [0.2, 0.25) is 0 Å². The van der Waals surface area contributed by atoms with Crippen LogP contribution in [0.5, 0.6) is 11.5 Å². The Labute approximate surface area is 180 Å². The summed E-state index contributed by atoms with van der Waals surface area (Å²) in [5.74, 6) is 0.524. The molecule has 8 heteroatoms. The maximum atomic E-state index is 13.9. The minimum Gasteiger partial charge on any atom is -0.490 e. The Morgan fingerprint density at radius 3 is 2.68 bits per heavy atom. The van der Waals surface area contributed by atoms with Gasteiger partial charge in [0.1, 0.15) is 16.7 Å². The Kier molecular flexibility index (Phi) is 6.74. The monoisotopic (exact) mass is 481 g/mol. The van der Waals surface area contributed by atoms with Crippen molar-refractivity contribution in [2.24, 2.45) is 0 Å². The van der Waals surface area contributed by atoms with Gasteiger partial charge in [0.25, 0.3) is 5.91 Å². The summed E-state index contributed by atoms with van der Waals surface area (Å²) in [7, 11) is 1.65. The van der Waals surface area contributed by atoms with Gasteiger partial charge in [0.05, 0.1) is 16.0 Å². The third-order valence-electron chi connectivity index (χ3n) is 3.95. The second kappa shape index (κ2) is 9.07. The first-order valence-electron chi connectivity index (χ1n) is 8.44. The zero-order valence-corrected chi connectivity index (χ0v) is 18.4. The van der Waals surface area contributed by atoms with Crippen LogP contribution in [0.1, 0.15) is 18.1 Å². The molecule has 1 aliphatic heterocycles. The number of thiocarbonyl (C=S) groups is 1. The van der Waals surface area contributed by atoms with E-state index in [4.69, 9.17) is 21.7 Å². The molecule has 1 saturated heterocycles. The molecule has 0 aliphatic carbocycles. The quantitative estimate of drug-likeness (QED) is 0.408. The van der Waals surface area contributed by atoms with Crippen LogP contribution < -0.4 is 9.47 Å². The summed E-state index contributed by atoms with van der Waals surface area (Å²) < 4.78 is 26.6. The lowest BCUT2D eigenvalue weighted by Gasteiger charge is -2.15. The van der Waals surface area contributed by atoms with E-state index in [0.29, 0.717) is 37.4 Å². The standard InChI is InChI=1S/C20H17BrFNO3S2/c1-3-25-16-9-12(10-17-19(24)23(2)20(27)28-17)8-14(21)18(16)26-11-13-6-4-5-7-15(13)22/h4-10H,3,11H2,1-2H3/b17-10-. The molecule has 28 heavy (non-hydrogen) atoms. The molecule has 0 unspecified atom stereocenters. The smallest absolute Gasteiger partial charge is 0.265 e. The second-order valence-corrected chi connectivity index (χ2v) is 8.41. The normalized spacial score (nSPS) is 15.4. The number of benzene rings is 2. The number of rotatable bonds is 6. The average Bonchev–Trinajstić information content (AvgIpc) is 2.89. The molecular formula is C20H17BrFNO3S2. The highest BCUT2D eigenvalue weighted by Crippen LogP contribution is 2.39. The molecule has 0 atom stereocenters. The molecule has 1 amide bonds. The van der Waals surface area contributed by atoms with Gasteiger partial charge in [-0.1, -0.05) is 42.2 Å². The van der Waals surface area contributed by atoms with E-state index in [-0.39, 0.29) is 18.3 Å². The van der Waals surface area contributed by atoms with Crippen molar-refractivity contribution >= 4 is 56.2 Å². The van der Waals surface area contributed by atoms with Crippen LogP contribution >= 0.6 is 39.9 Å².